The molecule has 0 bridgehead atoms. The lowest BCUT2D eigenvalue weighted by molar-refractivity contribution is 0.263. The van der Waals surface area contributed by atoms with Gasteiger partial charge < -0.3 is 5.32 Å². The van der Waals surface area contributed by atoms with Crippen LogP contribution in [0.4, 0.5) is 4.39 Å². The van der Waals surface area contributed by atoms with Crippen molar-refractivity contribution in [2.45, 2.75) is 38.4 Å². The molecule has 78 valence electrons. The predicted molar refractivity (Wildman–Crippen MR) is 54.3 cm³/mol. The van der Waals surface area contributed by atoms with E-state index >= 15 is 0 Å². The first-order valence-corrected chi connectivity index (χ1v) is 5.74. The molecule has 3 nitrogen and oxygen atoms in total. The van der Waals surface area contributed by atoms with Crippen LogP contribution < -0.4 is 5.32 Å². The molecule has 5 heteroatoms. The maximum atomic E-state index is 13.7. The quantitative estimate of drug-likeness (QED) is 0.830. The van der Waals surface area contributed by atoms with Gasteiger partial charge in [0.2, 0.25) is 0 Å². The van der Waals surface area contributed by atoms with Gasteiger partial charge in [0.25, 0.3) is 0 Å². The van der Waals surface area contributed by atoms with E-state index in [0.29, 0.717) is 6.42 Å². The Morgan fingerprint density at radius 1 is 1.64 bits per heavy atom. The maximum absolute atomic E-state index is 13.7. The zero-order chi connectivity index (χ0) is 9.97. The van der Waals surface area contributed by atoms with Crippen LogP contribution in [-0.2, 0) is 6.42 Å². The van der Waals surface area contributed by atoms with Gasteiger partial charge in [0.1, 0.15) is 16.2 Å². The molecule has 1 aliphatic heterocycles. The van der Waals surface area contributed by atoms with Crippen molar-refractivity contribution in [2.24, 2.45) is 0 Å². The fourth-order valence-electron chi connectivity index (χ4n) is 1.75. The molecule has 2 unspecified atom stereocenters. The van der Waals surface area contributed by atoms with Crippen molar-refractivity contribution < 1.29 is 4.39 Å². The summed E-state index contributed by atoms with van der Waals surface area (Å²) in [4.78, 5) is 0. The first kappa shape index (κ1) is 9.98. The van der Waals surface area contributed by atoms with Gasteiger partial charge in [-0.15, -0.1) is 21.5 Å². The second-order valence-electron chi connectivity index (χ2n) is 3.64. The van der Waals surface area contributed by atoms with E-state index in [2.05, 4.69) is 15.5 Å². The summed E-state index contributed by atoms with van der Waals surface area (Å²) in [6.07, 6.45) is 1.62. The minimum atomic E-state index is -0.815. The summed E-state index contributed by atoms with van der Waals surface area (Å²) in [7, 11) is 0. The number of rotatable bonds is 3. The normalized spacial score (nSPS) is 24.0. The molecule has 14 heavy (non-hydrogen) atoms. The lowest BCUT2D eigenvalue weighted by Crippen LogP contribution is -2.33. The average Bonchev–Trinajstić information content (AvgIpc) is 2.75. The topological polar surface area (TPSA) is 37.8 Å². The number of hydrogen-bond donors (Lipinski definition) is 1. The summed E-state index contributed by atoms with van der Waals surface area (Å²) in [5, 5.41) is 12.7. The number of nitrogens with one attached hydrogen (secondary N) is 1. The number of hydrogen-bond acceptors (Lipinski definition) is 4. The molecule has 0 aliphatic carbocycles. The number of aryl methyl sites for hydroxylation is 1. The van der Waals surface area contributed by atoms with Gasteiger partial charge in [-0.05, 0) is 26.3 Å². The summed E-state index contributed by atoms with van der Waals surface area (Å²) < 4.78 is 13.7. The van der Waals surface area contributed by atoms with Gasteiger partial charge in [0.05, 0.1) is 0 Å². The molecule has 1 aromatic heterocycles. The van der Waals surface area contributed by atoms with Gasteiger partial charge >= 0.3 is 0 Å². The van der Waals surface area contributed by atoms with E-state index in [9.17, 15) is 4.39 Å². The van der Waals surface area contributed by atoms with Crippen molar-refractivity contribution in [3.05, 3.63) is 10.0 Å². The molecule has 2 atom stereocenters. The number of halogens is 1. The molecule has 1 aromatic rings. The van der Waals surface area contributed by atoms with E-state index in [1.54, 1.807) is 0 Å². The van der Waals surface area contributed by atoms with Gasteiger partial charge in [-0.3, -0.25) is 0 Å². The number of nitrogens with zero attached hydrogens (tertiary/aromatic N) is 2. The zero-order valence-corrected chi connectivity index (χ0v) is 8.98. The summed E-state index contributed by atoms with van der Waals surface area (Å²) >= 11 is 1.48. The van der Waals surface area contributed by atoms with Crippen LogP contribution in [0.1, 0.15) is 22.9 Å². The van der Waals surface area contributed by atoms with Crippen LogP contribution in [0.5, 0.6) is 0 Å². The molecular formula is C9H14FN3S. The predicted octanol–water partition coefficient (Wildman–Crippen LogP) is 1.48. The smallest absolute Gasteiger partial charge is 0.122 e. The highest BCUT2D eigenvalue weighted by atomic mass is 32.1. The summed E-state index contributed by atoms with van der Waals surface area (Å²) in [6.45, 7) is 2.84. The molecule has 0 saturated carbocycles. The lowest BCUT2D eigenvalue weighted by atomic mass is 10.1. The Kier molecular flexibility index (Phi) is 3.08. The Morgan fingerprint density at radius 3 is 3.07 bits per heavy atom. The highest BCUT2D eigenvalue weighted by molar-refractivity contribution is 7.11. The first-order chi connectivity index (χ1) is 6.75. The molecule has 0 aromatic carbocycles. The Morgan fingerprint density at radius 2 is 2.50 bits per heavy atom. The van der Waals surface area contributed by atoms with E-state index in [1.807, 2.05) is 6.92 Å². The molecular weight excluding hydrogens is 201 g/mol. The van der Waals surface area contributed by atoms with E-state index < -0.39 is 6.17 Å². The summed E-state index contributed by atoms with van der Waals surface area (Å²) in [5.74, 6) is 0. The average molecular weight is 215 g/mol. The fourth-order valence-corrected chi connectivity index (χ4v) is 2.50. The standard InChI is InChI=1S/C9H14FN3S/c1-6-12-13-9(14-6)5-7(10)8-3-2-4-11-8/h7-8,11H,2-5H2,1H3. The maximum Gasteiger partial charge on any atom is 0.122 e. The van der Waals surface area contributed by atoms with E-state index in [1.165, 1.54) is 11.3 Å². The Labute approximate surface area is 86.7 Å². The minimum absolute atomic E-state index is 0.0270. The monoisotopic (exact) mass is 215 g/mol. The lowest BCUT2D eigenvalue weighted by Gasteiger charge is -2.13. The second kappa shape index (κ2) is 4.31. The minimum Gasteiger partial charge on any atom is -0.311 e. The van der Waals surface area contributed by atoms with Crippen molar-refractivity contribution in [3.8, 4) is 0 Å². The highest BCUT2D eigenvalue weighted by Crippen LogP contribution is 2.18. The SMILES string of the molecule is Cc1nnc(CC(F)C2CCCN2)s1. The molecule has 0 radical (unpaired) electrons. The van der Waals surface area contributed by atoms with Crippen LogP contribution in [-0.4, -0.2) is 29.0 Å². The van der Waals surface area contributed by atoms with Crippen molar-refractivity contribution in [2.75, 3.05) is 6.54 Å². The van der Waals surface area contributed by atoms with E-state index in [4.69, 9.17) is 0 Å². The molecule has 0 amide bonds. The highest BCUT2D eigenvalue weighted by Gasteiger charge is 2.25. The van der Waals surface area contributed by atoms with E-state index in [-0.39, 0.29) is 6.04 Å². The summed E-state index contributed by atoms with van der Waals surface area (Å²) in [5.41, 5.74) is 0. The van der Waals surface area contributed by atoms with Crippen LogP contribution in [0.2, 0.25) is 0 Å². The molecule has 2 rings (SSSR count). The van der Waals surface area contributed by atoms with Crippen LogP contribution >= 0.6 is 11.3 Å². The van der Waals surface area contributed by atoms with Crippen LogP contribution in [0.3, 0.4) is 0 Å². The Hall–Kier alpha value is -0.550. The molecule has 1 saturated heterocycles. The largest absolute Gasteiger partial charge is 0.311 e. The number of alkyl halides is 1. The fraction of sp³-hybridized carbons (Fsp3) is 0.778. The van der Waals surface area contributed by atoms with Crippen molar-refractivity contribution >= 4 is 11.3 Å². The van der Waals surface area contributed by atoms with Crippen molar-refractivity contribution in [1.29, 1.82) is 0 Å². The van der Waals surface area contributed by atoms with Gasteiger partial charge in [-0.1, -0.05) is 0 Å². The van der Waals surface area contributed by atoms with Gasteiger partial charge in [-0.25, -0.2) is 4.39 Å². The molecule has 1 aliphatic rings. The molecule has 1 fully saturated rings. The molecule has 2 heterocycles. The van der Waals surface area contributed by atoms with Crippen LogP contribution in [0.25, 0.3) is 0 Å². The third-order valence-corrected chi connectivity index (χ3v) is 3.33. The van der Waals surface area contributed by atoms with Crippen molar-refractivity contribution in [3.63, 3.8) is 0 Å². The third kappa shape index (κ3) is 2.27. The van der Waals surface area contributed by atoms with Crippen molar-refractivity contribution in [1.82, 2.24) is 15.5 Å². The summed E-state index contributed by atoms with van der Waals surface area (Å²) in [6, 6.07) is 0.0270. The van der Waals surface area contributed by atoms with Gasteiger partial charge in [0.15, 0.2) is 0 Å². The first-order valence-electron chi connectivity index (χ1n) is 4.92. The Balaban J connectivity index is 1.90. The molecule has 1 N–H and O–H groups in total. The third-order valence-electron chi connectivity index (χ3n) is 2.47. The van der Waals surface area contributed by atoms with E-state index in [0.717, 1.165) is 29.4 Å². The second-order valence-corrected chi connectivity index (χ2v) is 4.90. The van der Waals surface area contributed by atoms with Crippen LogP contribution in [0, 0.1) is 6.92 Å². The van der Waals surface area contributed by atoms with Gasteiger partial charge in [-0.2, -0.15) is 0 Å². The zero-order valence-electron chi connectivity index (χ0n) is 8.16. The van der Waals surface area contributed by atoms with Gasteiger partial charge in [0, 0.05) is 12.5 Å². The van der Waals surface area contributed by atoms with Crippen LogP contribution in [0.15, 0.2) is 0 Å². The number of aromatic nitrogens is 2. The molecule has 0 spiro atoms. The Bertz CT molecular complexity index is 296.